The molecule has 86 valence electrons. The Morgan fingerprint density at radius 2 is 2.13 bits per heavy atom. The summed E-state index contributed by atoms with van der Waals surface area (Å²) in [6.07, 6.45) is 7.43. The number of amides is 1. The fourth-order valence-electron chi connectivity index (χ4n) is 1.17. The Morgan fingerprint density at radius 3 is 2.60 bits per heavy atom. The zero-order valence-electron chi connectivity index (χ0n) is 9.97. The number of carbonyl (C=O) groups is 1. The Labute approximate surface area is 93.0 Å². The van der Waals surface area contributed by atoms with Crippen LogP contribution in [0, 0.1) is 12.3 Å². The maximum Gasteiger partial charge on any atom is 0.221 e. The molecule has 1 amide bonds. The first-order valence-electron chi connectivity index (χ1n) is 5.59. The number of rotatable bonds is 7. The highest BCUT2D eigenvalue weighted by Gasteiger charge is 2.06. The van der Waals surface area contributed by atoms with Crippen molar-refractivity contribution in [2.45, 2.75) is 52.1 Å². The van der Waals surface area contributed by atoms with E-state index in [0.717, 1.165) is 19.4 Å². The topological polar surface area (TPSA) is 41.1 Å². The normalized spacial score (nSPS) is 12.2. The molecule has 0 bridgehead atoms. The van der Waals surface area contributed by atoms with Gasteiger partial charge in [0.15, 0.2) is 0 Å². The molecular weight excluding hydrogens is 188 g/mol. The van der Waals surface area contributed by atoms with E-state index in [-0.39, 0.29) is 11.9 Å². The average Bonchev–Trinajstić information content (AvgIpc) is 2.20. The van der Waals surface area contributed by atoms with E-state index in [1.165, 1.54) is 0 Å². The van der Waals surface area contributed by atoms with Gasteiger partial charge in [-0.15, -0.1) is 6.42 Å². The number of hydrogen-bond donors (Lipinski definition) is 2. The van der Waals surface area contributed by atoms with E-state index in [2.05, 4.69) is 30.4 Å². The van der Waals surface area contributed by atoms with Gasteiger partial charge in [0.2, 0.25) is 5.91 Å². The van der Waals surface area contributed by atoms with Gasteiger partial charge in [0.05, 0.1) is 6.04 Å². The van der Waals surface area contributed by atoms with E-state index < -0.39 is 0 Å². The molecule has 0 saturated carbocycles. The van der Waals surface area contributed by atoms with Gasteiger partial charge in [0.1, 0.15) is 0 Å². The van der Waals surface area contributed by atoms with Gasteiger partial charge < -0.3 is 10.6 Å². The second-order valence-corrected chi connectivity index (χ2v) is 3.91. The predicted octanol–water partition coefficient (Wildman–Crippen LogP) is 1.29. The molecular formula is C12H22N2O. The minimum atomic E-state index is -0.115. The van der Waals surface area contributed by atoms with Crippen molar-refractivity contribution >= 4 is 5.91 Å². The standard InChI is InChI=1S/C12H22N2O/c1-5-11(6-2)14-12(15)8-7-9-13-10(3)4/h1,10-11,13H,6-9H2,2-4H3,(H,14,15). The van der Waals surface area contributed by atoms with Crippen molar-refractivity contribution in [2.75, 3.05) is 6.54 Å². The van der Waals surface area contributed by atoms with Crippen LogP contribution in [0.5, 0.6) is 0 Å². The molecule has 15 heavy (non-hydrogen) atoms. The average molecular weight is 210 g/mol. The molecule has 0 aliphatic heterocycles. The van der Waals surface area contributed by atoms with Gasteiger partial charge in [-0.3, -0.25) is 4.79 Å². The Balaban J connectivity index is 3.54. The van der Waals surface area contributed by atoms with Gasteiger partial charge >= 0.3 is 0 Å². The molecule has 0 aromatic carbocycles. The van der Waals surface area contributed by atoms with Gasteiger partial charge in [0.25, 0.3) is 0 Å². The third kappa shape index (κ3) is 8.02. The molecule has 0 aromatic heterocycles. The molecule has 0 aliphatic rings. The van der Waals surface area contributed by atoms with Crippen molar-refractivity contribution in [3.8, 4) is 12.3 Å². The van der Waals surface area contributed by atoms with Gasteiger partial charge in [0, 0.05) is 12.5 Å². The summed E-state index contributed by atoms with van der Waals surface area (Å²) < 4.78 is 0. The Hall–Kier alpha value is -1.01. The second-order valence-electron chi connectivity index (χ2n) is 3.91. The molecule has 3 nitrogen and oxygen atoms in total. The summed E-state index contributed by atoms with van der Waals surface area (Å²) in [5.41, 5.74) is 0. The van der Waals surface area contributed by atoms with Crippen LogP contribution in [-0.2, 0) is 4.79 Å². The molecule has 1 atom stereocenters. The van der Waals surface area contributed by atoms with Gasteiger partial charge in [-0.1, -0.05) is 26.7 Å². The van der Waals surface area contributed by atoms with Crippen LogP contribution in [0.25, 0.3) is 0 Å². The van der Waals surface area contributed by atoms with Crippen LogP contribution in [0.3, 0.4) is 0 Å². The highest BCUT2D eigenvalue weighted by Crippen LogP contribution is 1.93. The van der Waals surface area contributed by atoms with E-state index in [0.29, 0.717) is 12.5 Å². The SMILES string of the molecule is C#CC(CC)NC(=O)CCCNC(C)C. The van der Waals surface area contributed by atoms with E-state index in [1.807, 2.05) is 6.92 Å². The summed E-state index contributed by atoms with van der Waals surface area (Å²) in [7, 11) is 0. The smallest absolute Gasteiger partial charge is 0.221 e. The Kier molecular flexibility index (Phi) is 7.75. The van der Waals surface area contributed by atoms with Gasteiger partial charge in [-0.05, 0) is 19.4 Å². The van der Waals surface area contributed by atoms with Crippen LogP contribution in [0.2, 0.25) is 0 Å². The van der Waals surface area contributed by atoms with Crippen molar-refractivity contribution in [2.24, 2.45) is 0 Å². The zero-order valence-corrected chi connectivity index (χ0v) is 9.97. The molecule has 0 aromatic rings. The molecule has 0 radical (unpaired) electrons. The molecule has 1 unspecified atom stereocenters. The van der Waals surface area contributed by atoms with Crippen LogP contribution in [0.4, 0.5) is 0 Å². The van der Waals surface area contributed by atoms with Crippen LogP contribution >= 0.6 is 0 Å². The van der Waals surface area contributed by atoms with Gasteiger partial charge in [-0.25, -0.2) is 0 Å². The van der Waals surface area contributed by atoms with Gasteiger partial charge in [-0.2, -0.15) is 0 Å². The van der Waals surface area contributed by atoms with E-state index in [1.54, 1.807) is 0 Å². The van der Waals surface area contributed by atoms with Crippen LogP contribution < -0.4 is 10.6 Å². The number of hydrogen-bond acceptors (Lipinski definition) is 2. The highest BCUT2D eigenvalue weighted by atomic mass is 16.1. The summed E-state index contributed by atoms with van der Waals surface area (Å²) in [5, 5.41) is 6.06. The monoisotopic (exact) mass is 210 g/mol. The molecule has 3 heteroatoms. The maximum absolute atomic E-state index is 11.4. The molecule has 0 fully saturated rings. The lowest BCUT2D eigenvalue weighted by molar-refractivity contribution is -0.121. The molecule has 0 saturated heterocycles. The number of carbonyl (C=O) groups excluding carboxylic acids is 1. The molecule has 0 heterocycles. The lowest BCUT2D eigenvalue weighted by Crippen LogP contribution is -2.33. The van der Waals surface area contributed by atoms with Crippen molar-refractivity contribution in [1.82, 2.24) is 10.6 Å². The number of terminal acetylenes is 1. The lowest BCUT2D eigenvalue weighted by Gasteiger charge is -2.11. The highest BCUT2D eigenvalue weighted by molar-refractivity contribution is 5.76. The van der Waals surface area contributed by atoms with Crippen LogP contribution in [0.15, 0.2) is 0 Å². The first-order chi connectivity index (χ1) is 7.10. The first-order valence-corrected chi connectivity index (χ1v) is 5.59. The summed E-state index contributed by atoms with van der Waals surface area (Å²) in [6.45, 7) is 7.01. The summed E-state index contributed by atoms with van der Waals surface area (Å²) in [4.78, 5) is 11.4. The van der Waals surface area contributed by atoms with E-state index in [4.69, 9.17) is 6.42 Å². The summed E-state index contributed by atoms with van der Waals surface area (Å²) >= 11 is 0. The van der Waals surface area contributed by atoms with Crippen molar-refractivity contribution < 1.29 is 4.79 Å². The zero-order chi connectivity index (χ0) is 11.7. The summed E-state index contributed by atoms with van der Waals surface area (Å²) in [6, 6.07) is 0.359. The van der Waals surface area contributed by atoms with E-state index >= 15 is 0 Å². The van der Waals surface area contributed by atoms with Crippen molar-refractivity contribution in [3.05, 3.63) is 0 Å². The molecule has 0 aliphatic carbocycles. The first kappa shape index (κ1) is 14.0. The minimum Gasteiger partial charge on any atom is -0.342 e. The fourth-order valence-corrected chi connectivity index (χ4v) is 1.17. The summed E-state index contributed by atoms with van der Waals surface area (Å²) in [5.74, 6) is 2.59. The third-order valence-corrected chi connectivity index (χ3v) is 2.08. The Morgan fingerprint density at radius 1 is 1.47 bits per heavy atom. The molecule has 0 rings (SSSR count). The molecule has 0 spiro atoms. The lowest BCUT2D eigenvalue weighted by atomic mass is 10.2. The van der Waals surface area contributed by atoms with Crippen LogP contribution in [-0.4, -0.2) is 24.5 Å². The van der Waals surface area contributed by atoms with E-state index in [9.17, 15) is 4.79 Å². The number of nitrogens with one attached hydrogen (secondary N) is 2. The largest absolute Gasteiger partial charge is 0.342 e. The van der Waals surface area contributed by atoms with Crippen molar-refractivity contribution in [3.63, 3.8) is 0 Å². The third-order valence-electron chi connectivity index (χ3n) is 2.08. The maximum atomic E-state index is 11.4. The Bertz CT molecular complexity index is 218. The molecule has 2 N–H and O–H groups in total. The van der Waals surface area contributed by atoms with Crippen LogP contribution in [0.1, 0.15) is 40.0 Å². The predicted molar refractivity (Wildman–Crippen MR) is 63.4 cm³/mol. The minimum absolute atomic E-state index is 0.0466. The second kappa shape index (κ2) is 8.31. The fraction of sp³-hybridized carbons (Fsp3) is 0.750. The van der Waals surface area contributed by atoms with Crippen molar-refractivity contribution in [1.29, 1.82) is 0 Å². The quantitative estimate of drug-likeness (QED) is 0.491.